The molecule has 1 amide bonds. The van der Waals surface area contributed by atoms with Gasteiger partial charge in [-0.3, -0.25) is 9.79 Å². The quantitative estimate of drug-likeness (QED) is 0.683. The average molecular weight is 316 g/mol. The van der Waals surface area contributed by atoms with Crippen LogP contribution < -0.4 is 11.1 Å². The lowest BCUT2D eigenvalue weighted by Gasteiger charge is -2.15. The molecule has 8 nitrogen and oxygen atoms in total. The van der Waals surface area contributed by atoms with E-state index in [-0.39, 0.29) is 18.4 Å². The van der Waals surface area contributed by atoms with Crippen LogP contribution in [0.5, 0.6) is 0 Å². The molecule has 0 fully saturated rings. The van der Waals surface area contributed by atoms with Crippen molar-refractivity contribution < 1.29 is 9.90 Å². The van der Waals surface area contributed by atoms with Gasteiger partial charge in [0.25, 0.3) is 0 Å². The van der Waals surface area contributed by atoms with Crippen LogP contribution >= 0.6 is 0 Å². The van der Waals surface area contributed by atoms with Crippen LogP contribution in [0, 0.1) is 5.92 Å². The number of nitrogens with two attached hydrogens (primary N) is 1. The van der Waals surface area contributed by atoms with Crippen molar-refractivity contribution in [2.75, 3.05) is 19.4 Å². The summed E-state index contributed by atoms with van der Waals surface area (Å²) in [4.78, 5) is 19.8. The second kappa shape index (κ2) is 7.50. The largest absolute Gasteiger partial charge is 0.394 e. The SMILES string of the molecule is CN=CC1C=CC(=Nc2cnn(CCO)c2N)C(NC(C)=O)=C1. The molecule has 2 rings (SSSR count). The fraction of sp³-hybridized carbons (Fsp3) is 0.333. The van der Waals surface area contributed by atoms with E-state index in [1.807, 2.05) is 12.2 Å². The Morgan fingerprint density at radius 2 is 2.39 bits per heavy atom. The number of aliphatic imine (C=N–C) groups is 2. The van der Waals surface area contributed by atoms with Gasteiger partial charge >= 0.3 is 0 Å². The highest BCUT2D eigenvalue weighted by molar-refractivity contribution is 6.12. The van der Waals surface area contributed by atoms with Crippen LogP contribution in [0.2, 0.25) is 0 Å². The maximum atomic E-state index is 11.4. The zero-order valence-corrected chi connectivity index (χ0v) is 13.1. The fourth-order valence-corrected chi connectivity index (χ4v) is 2.16. The monoisotopic (exact) mass is 316 g/mol. The molecule has 0 bridgehead atoms. The number of carbonyl (C=O) groups is 1. The Kier molecular flexibility index (Phi) is 5.42. The van der Waals surface area contributed by atoms with Gasteiger partial charge in [-0.2, -0.15) is 5.10 Å². The first-order valence-corrected chi connectivity index (χ1v) is 7.16. The summed E-state index contributed by atoms with van der Waals surface area (Å²) in [6.07, 6.45) is 8.88. The van der Waals surface area contributed by atoms with Crippen LogP contribution in [-0.2, 0) is 11.3 Å². The highest BCUT2D eigenvalue weighted by atomic mass is 16.3. The van der Waals surface area contributed by atoms with E-state index in [4.69, 9.17) is 10.8 Å². The highest BCUT2D eigenvalue weighted by Crippen LogP contribution is 2.23. The van der Waals surface area contributed by atoms with Crippen LogP contribution in [-0.4, -0.2) is 46.4 Å². The van der Waals surface area contributed by atoms with Gasteiger partial charge in [-0.25, -0.2) is 9.67 Å². The third kappa shape index (κ3) is 4.13. The molecule has 4 N–H and O–H groups in total. The van der Waals surface area contributed by atoms with Crippen molar-refractivity contribution in [1.82, 2.24) is 15.1 Å². The van der Waals surface area contributed by atoms with Crippen molar-refractivity contribution in [3.63, 3.8) is 0 Å². The van der Waals surface area contributed by atoms with Crippen LogP contribution in [0.15, 0.2) is 40.1 Å². The molecule has 0 spiro atoms. The normalized spacial score (nSPS) is 19.3. The lowest BCUT2D eigenvalue weighted by molar-refractivity contribution is -0.118. The minimum absolute atomic E-state index is 0.00439. The second-order valence-corrected chi connectivity index (χ2v) is 4.96. The number of anilines is 1. The number of amides is 1. The summed E-state index contributed by atoms with van der Waals surface area (Å²) >= 11 is 0. The average Bonchev–Trinajstić information content (AvgIpc) is 2.83. The first kappa shape index (κ1) is 16.6. The molecule has 1 aromatic heterocycles. The summed E-state index contributed by atoms with van der Waals surface area (Å²) < 4.78 is 1.47. The third-order valence-corrected chi connectivity index (χ3v) is 3.16. The number of aromatic nitrogens is 2. The van der Waals surface area contributed by atoms with Crippen molar-refractivity contribution >= 4 is 29.3 Å². The Morgan fingerprint density at radius 3 is 3.04 bits per heavy atom. The Balaban J connectivity index is 2.34. The van der Waals surface area contributed by atoms with E-state index in [0.717, 1.165) is 0 Å². The van der Waals surface area contributed by atoms with Gasteiger partial charge in [-0.05, 0) is 12.2 Å². The lowest BCUT2D eigenvalue weighted by Crippen LogP contribution is -2.26. The maximum absolute atomic E-state index is 11.4. The third-order valence-electron chi connectivity index (χ3n) is 3.16. The van der Waals surface area contributed by atoms with E-state index in [9.17, 15) is 4.79 Å². The molecule has 1 aliphatic rings. The van der Waals surface area contributed by atoms with E-state index in [1.54, 1.807) is 19.3 Å². The van der Waals surface area contributed by atoms with Crippen LogP contribution in [0.25, 0.3) is 0 Å². The Labute approximate surface area is 134 Å². The predicted octanol–water partition coefficient (Wildman–Crippen LogP) is 0.437. The van der Waals surface area contributed by atoms with Gasteiger partial charge in [0.1, 0.15) is 11.5 Å². The lowest BCUT2D eigenvalue weighted by atomic mass is 10.0. The summed E-state index contributed by atoms with van der Waals surface area (Å²) in [7, 11) is 1.69. The number of nitrogens with zero attached hydrogens (tertiary/aromatic N) is 4. The number of aliphatic hydroxyl groups is 1. The fourth-order valence-electron chi connectivity index (χ4n) is 2.16. The minimum Gasteiger partial charge on any atom is -0.394 e. The molecule has 0 aliphatic heterocycles. The van der Waals surface area contributed by atoms with E-state index < -0.39 is 0 Å². The van der Waals surface area contributed by atoms with Gasteiger partial charge in [0.2, 0.25) is 5.91 Å². The predicted molar refractivity (Wildman–Crippen MR) is 89.8 cm³/mol. The molecule has 0 saturated carbocycles. The van der Waals surface area contributed by atoms with E-state index >= 15 is 0 Å². The van der Waals surface area contributed by atoms with E-state index in [2.05, 4.69) is 20.4 Å². The zero-order chi connectivity index (χ0) is 16.8. The number of nitrogens with one attached hydrogen (secondary N) is 1. The Hall–Kier alpha value is -2.74. The van der Waals surface area contributed by atoms with Gasteiger partial charge in [-0.15, -0.1) is 0 Å². The number of rotatable bonds is 5. The van der Waals surface area contributed by atoms with Gasteiger partial charge in [-0.1, -0.05) is 6.08 Å². The number of hydrogen-bond acceptors (Lipinski definition) is 6. The van der Waals surface area contributed by atoms with Gasteiger partial charge in [0.05, 0.1) is 30.8 Å². The van der Waals surface area contributed by atoms with Crippen molar-refractivity contribution in [1.29, 1.82) is 0 Å². The molecule has 1 unspecified atom stereocenters. The highest BCUT2D eigenvalue weighted by Gasteiger charge is 2.15. The molecular weight excluding hydrogens is 296 g/mol. The maximum Gasteiger partial charge on any atom is 0.221 e. The molecular formula is C15H20N6O2. The van der Waals surface area contributed by atoms with Gasteiger partial charge in [0, 0.05) is 26.1 Å². The van der Waals surface area contributed by atoms with Crippen molar-refractivity contribution in [2.45, 2.75) is 13.5 Å². The standard InChI is InChI=1S/C15H20N6O2/c1-10(23)19-13-7-11(8-17-2)3-4-12(13)20-14-9-18-21(5-6-22)15(14)16/h3-4,7-9,11,22H,5-6,16H2,1-2H3,(H,19,23). The molecule has 8 heteroatoms. The molecule has 1 heterocycles. The van der Waals surface area contributed by atoms with Crippen molar-refractivity contribution in [2.24, 2.45) is 15.9 Å². The summed E-state index contributed by atoms with van der Waals surface area (Å²) in [6.45, 7) is 1.68. The molecule has 0 saturated heterocycles. The Morgan fingerprint density at radius 1 is 1.61 bits per heavy atom. The van der Waals surface area contributed by atoms with Crippen LogP contribution in [0.4, 0.5) is 11.5 Å². The Bertz CT molecular complexity index is 699. The van der Waals surface area contributed by atoms with Crippen molar-refractivity contribution in [3.8, 4) is 0 Å². The molecule has 122 valence electrons. The first-order valence-electron chi connectivity index (χ1n) is 7.16. The first-order chi connectivity index (χ1) is 11.0. The van der Waals surface area contributed by atoms with Gasteiger partial charge < -0.3 is 16.2 Å². The number of nitrogen functional groups attached to an aromatic ring is 1. The smallest absolute Gasteiger partial charge is 0.221 e. The van der Waals surface area contributed by atoms with E-state index in [0.29, 0.717) is 29.5 Å². The summed E-state index contributed by atoms with van der Waals surface area (Å²) in [5.74, 6) is 0.171. The molecule has 1 aliphatic carbocycles. The second-order valence-electron chi connectivity index (χ2n) is 4.96. The summed E-state index contributed by atoms with van der Waals surface area (Å²) in [5.41, 5.74) is 7.62. The number of allylic oxidation sites excluding steroid dienone is 3. The molecule has 23 heavy (non-hydrogen) atoms. The molecule has 0 radical (unpaired) electrons. The number of carbonyl (C=O) groups excluding carboxylic acids is 1. The topological polar surface area (TPSA) is 118 Å². The summed E-state index contributed by atoms with van der Waals surface area (Å²) in [6, 6.07) is 0. The minimum atomic E-state index is -0.185. The van der Waals surface area contributed by atoms with Gasteiger partial charge in [0.15, 0.2) is 0 Å². The molecule has 1 aromatic rings. The summed E-state index contributed by atoms with van der Waals surface area (Å²) in [5, 5.41) is 15.8. The van der Waals surface area contributed by atoms with E-state index in [1.165, 1.54) is 17.8 Å². The molecule has 0 aromatic carbocycles. The van der Waals surface area contributed by atoms with Crippen LogP contribution in [0.3, 0.4) is 0 Å². The zero-order valence-electron chi connectivity index (χ0n) is 13.1. The number of aliphatic hydroxyl groups excluding tert-OH is 1. The van der Waals surface area contributed by atoms with Crippen LogP contribution in [0.1, 0.15) is 6.92 Å². The van der Waals surface area contributed by atoms with Crippen molar-refractivity contribution in [3.05, 3.63) is 30.1 Å². The number of hydrogen-bond donors (Lipinski definition) is 3. The molecule has 1 atom stereocenters.